The van der Waals surface area contributed by atoms with E-state index in [1.165, 1.54) is 0 Å². The predicted molar refractivity (Wildman–Crippen MR) is 132 cm³/mol. The maximum absolute atomic E-state index is 12.9. The van der Waals surface area contributed by atoms with Gasteiger partial charge in [0.2, 0.25) is 5.91 Å². The third-order valence-electron chi connectivity index (χ3n) is 6.12. The van der Waals surface area contributed by atoms with E-state index in [0.29, 0.717) is 24.9 Å². The number of hydrogen-bond acceptors (Lipinski definition) is 4. The lowest BCUT2D eigenvalue weighted by Crippen LogP contribution is -2.41. The van der Waals surface area contributed by atoms with Crippen molar-refractivity contribution in [3.05, 3.63) is 95.6 Å². The Kier molecular flexibility index (Phi) is 7.77. The minimum absolute atomic E-state index is 0.0516. The number of carboxylic acids is 1. The number of carbonyl (C=O) groups is 3. The molecule has 1 aliphatic rings. The van der Waals surface area contributed by atoms with Gasteiger partial charge < -0.3 is 20.5 Å². The molecule has 2 amide bonds. The summed E-state index contributed by atoms with van der Waals surface area (Å²) in [6.07, 6.45) is 0.369. The van der Waals surface area contributed by atoms with Crippen LogP contribution in [0, 0.1) is 0 Å². The van der Waals surface area contributed by atoms with Crippen LogP contribution >= 0.6 is 0 Å². The Labute approximate surface area is 204 Å². The summed E-state index contributed by atoms with van der Waals surface area (Å²) in [6.45, 7) is 0.472. The standard InChI is InChI=1S/C28H28N2O5/c31-25(32)16-8-9-17-29-27(33)26(19-10-2-1-3-11-19)30-28(34)35-18-24-22-14-6-4-12-20(22)21-13-5-7-15-23(21)24/h1-7,10-15,24,26H,8-9,16-18H2,(H,29,33)(H,30,34)(H,31,32)/t26-/m0/s1. The number of rotatable bonds is 10. The monoisotopic (exact) mass is 472 g/mol. The van der Waals surface area contributed by atoms with Crippen LogP contribution < -0.4 is 10.6 Å². The van der Waals surface area contributed by atoms with E-state index in [0.717, 1.165) is 22.3 Å². The van der Waals surface area contributed by atoms with E-state index in [-0.39, 0.29) is 24.9 Å². The zero-order valence-electron chi connectivity index (χ0n) is 19.3. The molecule has 0 radical (unpaired) electrons. The van der Waals surface area contributed by atoms with Gasteiger partial charge in [-0.15, -0.1) is 0 Å². The molecule has 0 fully saturated rings. The lowest BCUT2D eigenvalue weighted by molar-refractivity contribution is -0.137. The van der Waals surface area contributed by atoms with E-state index < -0.39 is 18.1 Å². The van der Waals surface area contributed by atoms with Crippen LogP contribution in [0.25, 0.3) is 11.1 Å². The zero-order chi connectivity index (χ0) is 24.6. The highest BCUT2D eigenvalue weighted by Crippen LogP contribution is 2.44. The van der Waals surface area contributed by atoms with Crippen LogP contribution in [0.1, 0.15) is 47.9 Å². The van der Waals surface area contributed by atoms with Crippen molar-refractivity contribution in [3.8, 4) is 11.1 Å². The van der Waals surface area contributed by atoms with Gasteiger partial charge in [0, 0.05) is 18.9 Å². The summed E-state index contributed by atoms with van der Waals surface area (Å²) < 4.78 is 5.62. The van der Waals surface area contributed by atoms with Crippen LogP contribution in [-0.2, 0) is 14.3 Å². The molecule has 7 heteroatoms. The molecular formula is C28H28N2O5. The molecule has 0 aliphatic heterocycles. The number of unbranched alkanes of at least 4 members (excludes halogenated alkanes) is 1. The van der Waals surface area contributed by atoms with Crippen molar-refractivity contribution in [1.82, 2.24) is 10.6 Å². The molecule has 3 aromatic carbocycles. The van der Waals surface area contributed by atoms with Crippen LogP contribution in [0.4, 0.5) is 4.79 Å². The second kappa shape index (κ2) is 11.3. The van der Waals surface area contributed by atoms with E-state index in [1.54, 1.807) is 24.3 Å². The number of amides is 2. The van der Waals surface area contributed by atoms with E-state index in [1.807, 2.05) is 42.5 Å². The van der Waals surface area contributed by atoms with E-state index >= 15 is 0 Å². The summed E-state index contributed by atoms with van der Waals surface area (Å²) in [4.78, 5) is 36.3. The van der Waals surface area contributed by atoms with Gasteiger partial charge in [0.05, 0.1) is 0 Å². The molecule has 1 atom stereocenters. The molecule has 0 heterocycles. The Morgan fingerprint density at radius 2 is 1.43 bits per heavy atom. The van der Waals surface area contributed by atoms with Gasteiger partial charge >= 0.3 is 12.1 Å². The van der Waals surface area contributed by atoms with Crippen molar-refractivity contribution in [1.29, 1.82) is 0 Å². The van der Waals surface area contributed by atoms with Crippen LogP contribution in [0.15, 0.2) is 78.9 Å². The first-order valence-corrected chi connectivity index (χ1v) is 11.7. The first-order chi connectivity index (χ1) is 17.0. The van der Waals surface area contributed by atoms with Crippen LogP contribution in [-0.4, -0.2) is 36.2 Å². The maximum Gasteiger partial charge on any atom is 0.408 e. The SMILES string of the molecule is O=C(O)CCCCNC(=O)[C@@H](NC(=O)OCC1c2ccccc2-c2ccccc21)c1ccccc1. The third kappa shape index (κ3) is 5.87. The summed E-state index contributed by atoms with van der Waals surface area (Å²) in [5, 5.41) is 14.2. The molecule has 0 spiro atoms. The number of carboxylic acid groups (broad SMARTS) is 1. The van der Waals surface area contributed by atoms with Gasteiger partial charge in [0.25, 0.3) is 0 Å². The lowest BCUT2D eigenvalue weighted by Gasteiger charge is -2.20. The smallest absolute Gasteiger partial charge is 0.408 e. The van der Waals surface area contributed by atoms with Crippen molar-refractivity contribution >= 4 is 18.0 Å². The van der Waals surface area contributed by atoms with Gasteiger partial charge in [-0.25, -0.2) is 4.79 Å². The molecule has 1 aliphatic carbocycles. The number of alkyl carbamates (subject to hydrolysis) is 1. The van der Waals surface area contributed by atoms with Gasteiger partial charge in [-0.3, -0.25) is 9.59 Å². The number of ether oxygens (including phenoxy) is 1. The van der Waals surface area contributed by atoms with E-state index in [4.69, 9.17) is 9.84 Å². The second-order valence-corrected chi connectivity index (χ2v) is 8.46. The fourth-order valence-corrected chi connectivity index (χ4v) is 4.42. The predicted octanol–water partition coefficient (Wildman–Crippen LogP) is 4.64. The molecular weight excluding hydrogens is 444 g/mol. The van der Waals surface area contributed by atoms with Crippen molar-refractivity contribution in [2.24, 2.45) is 0 Å². The minimum atomic E-state index is -0.925. The first-order valence-electron chi connectivity index (χ1n) is 11.7. The summed E-state index contributed by atoms with van der Waals surface area (Å²) >= 11 is 0. The molecule has 7 nitrogen and oxygen atoms in total. The number of fused-ring (bicyclic) bond motifs is 3. The van der Waals surface area contributed by atoms with Gasteiger partial charge in [-0.1, -0.05) is 78.9 Å². The van der Waals surface area contributed by atoms with Crippen LogP contribution in [0.3, 0.4) is 0 Å². The Bertz CT molecular complexity index is 1150. The molecule has 0 unspecified atom stereocenters. The van der Waals surface area contributed by atoms with Crippen molar-refractivity contribution in [3.63, 3.8) is 0 Å². The second-order valence-electron chi connectivity index (χ2n) is 8.46. The molecule has 0 aromatic heterocycles. The highest BCUT2D eigenvalue weighted by molar-refractivity contribution is 5.87. The fraction of sp³-hybridized carbons (Fsp3) is 0.250. The normalized spacial score (nSPS) is 12.8. The number of benzene rings is 3. The van der Waals surface area contributed by atoms with Crippen LogP contribution in [0.5, 0.6) is 0 Å². The maximum atomic E-state index is 12.9. The van der Waals surface area contributed by atoms with Crippen molar-refractivity contribution in [2.45, 2.75) is 31.2 Å². The van der Waals surface area contributed by atoms with Gasteiger partial charge in [-0.2, -0.15) is 0 Å². The van der Waals surface area contributed by atoms with Gasteiger partial charge in [-0.05, 0) is 40.7 Å². The van der Waals surface area contributed by atoms with Crippen molar-refractivity contribution < 1.29 is 24.2 Å². The Hall–Kier alpha value is -4.13. The zero-order valence-corrected chi connectivity index (χ0v) is 19.3. The summed E-state index contributed by atoms with van der Waals surface area (Å²) in [7, 11) is 0. The highest BCUT2D eigenvalue weighted by atomic mass is 16.5. The topological polar surface area (TPSA) is 105 Å². The van der Waals surface area contributed by atoms with Crippen molar-refractivity contribution in [2.75, 3.05) is 13.2 Å². The highest BCUT2D eigenvalue weighted by Gasteiger charge is 2.30. The fourth-order valence-electron chi connectivity index (χ4n) is 4.42. The summed E-state index contributed by atoms with van der Waals surface area (Å²) in [6, 6.07) is 24.2. The molecule has 0 bridgehead atoms. The van der Waals surface area contributed by atoms with Crippen LogP contribution in [0.2, 0.25) is 0 Å². The van der Waals surface area contributed by atoms with Gasteiger partial charge in [0.1, 0.15) is 12.6 Å². The molecule has 180 valence electrons. The average molecular weight is 473 g/mol. The summed E-state index contributed by atoms with van der Waals surface area (Å²) in [5.41, 5.74) is 5.13. The largest absolute Gasteiger partial charge is 0.481 e. The lowest BCUT2D eigenvalue weighted by atomic mass is 9.98. The first kappa shape index (κ1) is 24.0. The number of aliphatic carboxylic acids is 1. The molecule has 3 N–H and O–H groups in total. The Morgan fingerprint density at radius 1 is 0.829 bits per heavy atom. The Balaban J connectivity index is 1.39. The van der Waals surface area contributed by atoms with E-state index in [2.05, 4.69) is 22.8 Å². The number of nitrogens with one attached hydrogen (secondary N) is 2. The molecule has 0 saturated heterocycles. The number of carbonyl (C=O) groups excluding carboxylic acids is 2. The molecule has 35 heavy (non-hydrogen) atoms. The Morgan fingerprint density at radius 3 is 2.06 bits per heavy atom. The third-order valence-corrected chi connectivity index (χ3v) is 6.12. The minimum Gasteiger partial charge on any atom is -0.481 e. The molecule has 0 saturated carbocycles. The quantitative estimate of drug-likeness (QED) is 0.373. The van der Waals surface area contributed by atoms with E-state index in [9.17, 15) is 14.4 Å². The summed E-state index contributed by atoms with van der Waals surface area (Å²) in [5.74, 6) is -1.32. The number of hydrogen-bond donors (Lipinski definition) is 3. The average Bonchev–Trinajstić information content (AvgIpc) is 3.19. The molecule has 3 aromatic rings. The van der Waals surface area contributed by atoms with Gasteiger partial charge in [0.15, 0.2) is 0 Å². The molecule has 4 rings (SSSR count).